The average molecular weight is 409 g/mol. The van der Waals surface area contributed by atoms with Crippen LogP contribution in [0.15, 0.2) is 46.9 Å². The first-order valence-corrected chi connectivity index (χ1v) is 9.90. The zero-order chi connectivity index (χ0) is 20.5. The molecule has 0 atom stereocenters. The fourth-order valence-corrected chi connectivity index (χ4v) is 3.86. The lowest BCUT2D eigenvalue weighted by atomic mass is 10.00. The second-order valence-electron chi connectivity index (χ2n) is 6.42. The number of piperidine rings is 1. The first-order valence-electron chi connectivity index (χ1n) is 8.36. The molecular formula is C18H17F2N3O4S. The zero-order valence-electron chi connectivity index (χ0n) is 14.6. The lowest BCUT2D eigenvalue weighted by Gasteiger charge is -2.31. The molecule has 10 heteroatoms. The molecule has 2 N–H and O–H groups in total. The number of benzene rings is 2. The second-order valence-corrected chi connectivity index (χ2v) is 7.95. The molecule has 148 valence electrons. The molecule has 0 aliphatic carbocycles. The summed E-state index contributed by atoms with van der Waals surface area (Å²) in [4.78, 5) is 12.0. The molecule has 0 saturated carbocycles. The maximum Gasteiger partial charge on any atom is 0.271 e. The second kappa shape index (κ2) is 7.64. The third kappa shape index (κ3) is 4.34. The van der Waals surface area contributed by atoms with Crippen LogP contribution in [0.4, 0.5) is 20.2 Å². The number of non-ortho nitro benzene ring substituents is 1. The highest BCUT2D eigenvalue weighted by Gasteiger charge is 2.24. The van der Waals surface area contributed by atoms with Crippen LogP contribution in [0, 0.1) is 21.7 Å². The van der Waals surface area contributed by atoms with E-state index in [2.05, 4.69) is 0 Å². The quantitative estimate of drug-likeness (QED) is 0.616. The standard InChI is InChI=1S/C18H17F2N3O4S/c19-15-3-1-13(10-16(15)20)9-12-5-7-22(8-6-12)17-11-14(23(24)25)2-4-18(17)28(21,26)27/h1-4,9-11H,5-8H2,(H2,21,26,27). The van der Waals surface area contributed by atoms with Gasteiger partial charge in [0, 0.05) is 25.2 Å². The third-order valence-corrected chi connectivity index (χ3v) is 5.48. The summed E-state index contributed by atoms with van der Waals surface area (Å²) >= 11 is 0. The molecule has 0 amide bonds. The minimum atomic E-state index is -4.05. The van der Waals surface area contributed by atoms with Crippen LogP contribution in [-0.4, -0.2) is 26.4 Å². The van der Waals surface area contributed by atoms with E-state index in [9.17, 15) is 27.3 Å². The molecule has 1 saturated heterocycles. The highest BCUT2D eigenvalue weighted by atomic mass is 32.2. The van der Waals surface area contributed by atoms with Crippen molar-refractivity contribution < 1.29 is 22.1 Å². The first-order chi connectivity index (χ1) is 13.1. The Hall–Kier alpha value is -2.85. The molecule has 2 aromatic carbocycles. The highest BCUT2D eigenvalue weighted by molar-refractivity contribution is 7.89. The summed E-state index contributed by atoms with van der Waals surface area (Å²) in [5, 5.41) is 16.3. The Morgan fingerprint density at radius 1 is 1.07 bits per heavy atom. The van der Waals surface area contributed by atoms with Crippen LogP contribution in [0.3, 0.4) is 0 Å². The molecule has 3 rings (SSSR count). The summed E-state index contributed by atoms with van der Waals surface area (Å²) in [6.07, 6.45) is 2.82. The van der Waals surface area contributed by atoms with E-state index in [1.54, 1.807) is 11.0 Å². The van der Waals surface area contributed by atoms with Crippen molar-refractivity contribution in [2.24, 2.45) is 5.14 Å². The van der Waals surface area contributed by atoms with Gasteiger partial charge in [-0.05, 0) is 36.6 Å². The van der Waals surface area contributed by atoms with E-state index in [1.807, 2.05) is 0 Å². The van der Waals surface area contributed by atoms with Crippen LogP contribution in [0.1, 0.15) is 18.4 Å². The highest BCUT2D eigenvalue weighted by Crippen LogP contribution is 2.32. The number of nitrogens with two attached hydrogens (primary N) is 1. The molecule has 0 bridgehead atoms. The Bertz CT molecular complexity index is 1060. The third-order valence-electron chi connectivity index (χ3n) is 4.52. The average Bonchev–Trinajstić information content (AvgIpc) is 2.64. The molecule has 1 aliphatic heterocycles. The largest absolute Gasteiger partial charge is 0.370 e. The van der Waals surface area contributed by atoms with Crippen molar-refractivity contribution in [1.29, 1.82) is 0 Å². The number of hydrogen-bond donors (Lipinski definition) is 1. The molecule has 28 heavy (non-hydrogen) atoms. The molecule has 0 aromatic heterocycles. The number of primary sulfonamides is 1. The van der Waals surface area contributed by atoms with Crippen molar-refractivity contribution in [1.82, 2.24) is 0 Å². The molecule has 7 nitrogen and oxygen atoms in total. The van der Waals surface area contributed by atoms with Gasteiger partial charge in [0.1, 0.15) is 4.90 Å². The van der Waals surface area contributed by atoms with Gasteiger partial charge in [0.15, 0.2) is 11.6 Å². The van der Waals surface area contributed by atoms with Gasteiger partial charge in [-0.25, -0.2) is 22.3 Å². The summed E-state index contributed by atoms with van der Waals surface area (Å²) in [6, 6.07) is 7.06. The number of anilines is 1. The number of nitro groups is 1. The molecule has 1 fully saturated rings. The Kier molecular flexibility index (Phi) is 5.43. The van der Waals surface area contributed by atoms with Gasteiger partial charge in [-0.1, -0.05) is 17.7 Å². The summed E-state index contributed by atoms with van der Waals surface area (Å²) in [6.45, 7) is 0.804. The molecule has 2 aromatic rings. The molecule has 0 spiro atoms. The number of rotatable bonds is 4. The van der Waals surface area contributed by atoms with Crippen LogP contribution in [0.2, 0.25) is 0 Å². The Labute approximate surface area is 160 Å². The smallest absolute Gasteiger partial charge is 0.271 e. The minimum absolute atomic E-state index is 0.175. The van der Waals surface area contributed by atoms with Crippen molar-refractivity contribution in [3.8, 4) is 0 Å². The number of halogens is 2. The van der Waals surface area contributed by atoms with Crippen LogP contribution in [-0.2, 0) is 10.0 Å². The Balaban J connectivity index is 1.84. The molecule has 1 aliphatic rings. The van der Waals surface area contributed by atoms with Gasteiger partial charge in [0.05, 0.1) is 10.6 Å². The summed E-state index contributed by atoms with van der Waals surface area (Å²) in [5.74, 6) is -1.85. The predicted octanol–water partition coefficient (Wildman–Crippen LogP) is 3.20. The van der Waals surface area contributed by atoms with Crippen LogP contribution >= 0.6 is 0 Å². The van der Waals surface area contributed by atoms with Gasteiger partial charge in [0.2, 0.25) is 10.0 Å². The van der Waals surface area contributed by atoms with Crippen LogP contribution < -0.4 is 10.0 Å². The van der Waals surface area contributed by atoms with Gasteiger partial charge in [0.25, 0.3) is 5.69 Å². The van der Waals surface area contributed by atoms with Crippen molar-refractivity contribution >= 4 is 27.5 Å². The van der Waals surface area contributed by atoms with Crippen molar-refractivity contribution in [3.63, 3.8) is 0 Å². The molecule has 0 unspecified atom stereocenters. The lowest BCUT2D eigenvalue weighted by Crippen LogP contribution is -2.32. The minimum Gasteiger partial charge on any atom is -0.370 e. The number of nitro benzene ring substituents is 1. The maximum absolute atomic E-state index is 13.3. The maximum atomic E-state index is 13.3. The Morgan fingerprint density at radius 2 is 1.75 bits per heavy atom. The van der Waals surface area contributed by atoms with E-state index >= 15 is 0 Å². The van der Waals surface area contributed by atoms with Gasteiger partial charge in [-0.3, -0.25) is 10.1 Å². The van der Waals surface area contributed by atoms with Crippen molar-refractivity contribution in [2.45, 2.75) is 17.7 Å². The Morgan fingerprint density at radius 3 is 2.32 bits per heavy atom. The normalized spacial score (nSPS) is 14.8. The number of hydrogen-bond acceptors (Lipinski definition) is 5. The zero-order valence-corrected chi connectivity index (χ0v) is 15.5. The van der Waals surface area contributed by atoms with E-state index in [0.717, 1.165) is 29.8 Å². The van der Waals surface area contributed by atoms with Crippen molar-refractivity contribution in [3.05, 3.63) is 69.3 Å². The van der Waals surface area contributed by atoms with E-state index in [4.69, 9.17) is 5.14 Å². The summed E-state index contributed by atoms with van der Waals surface area (Å²) in [7, 11) is -4.05. The molecule has 1 heterocycles. The van der Waals surface area contributed by atoms with E-state index in [-0.39, 0.29) is 16.3 Å². The van der Waals surface area contributed by atoms with Crippen LogP contribution in [0.5, 0.6) is 0 Å². The number of sulfonamides is 1. The fraction of sp³-hybridized carbons (Fsp3) is 0.222. The predicted molar refractivity (Wildman–Crippen MR) is 100 cm³/mol. The fourth-order valence-electron chi connectivity index (χ4n) is 3.12. The van der Waals surface area contributed by atoms with Gasteiger partial charge >= 0.3 is 0 Å². The van der Waals surface area contributed by atoms with E-state index < -0.39 is 26.6 Å². The monoisotopic (exact) mass is 409 g/mol. The summed E-state index contributed by atoms with van der Waals surface area (Å²) in [5.41, 5.74) is 1.46. The van der Waals surface area contributed by atoms with Crippen molar-refractivity contribution in [2.75, 3.05) is 18.0 Å². The summed E-state index contributed by atoms with van der Waals surface area (Å²) < 4.78 is 50.1. The molecular weight excluding hydrogens is 392 g/mol. The van der Waals surface area contributed by atoms with Gasteiger partial charge in [-0.2, -0.15) is 0 Å². The number of nitrogens with zero attached hydrogens (tertiary/aromatic N) is 2. The van der Waals surface area contributed by atoms with E-state index in [0.29, 0.717) is 31.5 Å². The first kappa shape index (κ1) is 19.9. The lowest BCUT2D eigenvalue weighted by molar-refractivity contribution is -0.384. The molecule has 0 radical (unpaired) electrons. The topological polar surface area (TPSA) is 107 Å². The van der Waals surface area contributed by atoms with Crippen LogP contribution in [0.25, 0.3) is 6.08 Å². The van der Waals surface area contributed by atoms with E-state index in [1.165, 1.54) is 12.1 Å². The SMILES string of the molecule is NS(=O)(=O)c1ccc([N+](=O)[O-])cc1N1CCC(=Cc2ccc(F)c(F)c2)CC1. The van der Waals surface area contributed by atoms with Gasteiger partial charge in [-0.15, -0.1) is 0 Å². The van der Waals surface area contributed by atoms with Gasteiger partial charge < -0.3 is 4.90 Å².